The Kier molecular flexibility index (Phi) is 8.64. The first-order chi connectivity index (χ1) is 8.77. The second-order valence-corrected chi connectivity index (χ2v) is 5.66. The quantitative estimate of drug-likeness (QED) is 0.644. The lowest BCUT2D eigenvalue weighted by Crippen LogP contribution is -2.42. The molecule has 1 aliphatic carbocycles. The second kappa shape index (κ2) is 9.76. The Bertz CT molecular complexity index is 199. The number of methoxy groups -OCH3 is 1. The molecule has 0 amide bonds. The lowest BCUT2D eigenvalue weighted by atomic mass is 9.78. The predicted molar refractivity (Wildman–Crippen MR) is 75.9 cm³/mol. The summed E-state index contributed by atoms with van der Waals surface area (Å²) in [5, 5.41) is 3.67. The van der Waals surface area contributed by atoms with Crippen molar-refractivity contribution in [1.29, 1.82) is 0 Å². The molecule has 1 aliphatic rings. The van der Waals surface area contributed by atoms with Gasteiger partial charge >= 0.3 is 0 Å². The van der Waals surface area contributed by atoms with E-state index in [2.05, 4.69) is 19.2 Å². The van der Waals surface area contributed by atoms with E-state index in [4.69, 9.17) is 9.47 Å². The topological polar surface area (TPSA) is 30.5 Å². The number of hydrogen-bond donors (Lipinski definition) is 1. The molecule has 1 rings (SSSR count). The maximum atomic E-state index is 5.73. The molecule has 1 saturated carbocycles. The van der Waals surface area contributed by atoms with E-state index in [0.717, 1.165) is 25.0 Å². The minimum Gasteiger partial charge on any atom is -0.382 e. The van der Waals surface area contributed by atoms with E-state index < -0.39 is 0 Å². The van der Waals surface area contributed by atoms with Gasteiger partial charge in [-0.2, -0.15) is 0 Å². The van der Waals surface area contributed by atoms with Crippen LogP contribution in [0.15, 0.2) is 0 Å². The highest BCUT2D eigenvalue weighted by atomic mass is 16.5. The Morgan fingerprint density at radius 1 is 1.28 bits per heavy atom. The van der Waals surface area contributed by atoms with Crippen LogP contribution in [0.1, 0.15) is 46.0 Å². The molecule has 0 spiro atoms. The minimum absolute atomic E-state index is 0.532. The third-order valence-corrected chi connectivity index (χ3v) is 3.93. The van der Waals surface area contributed by atoms with E-state index in [9.17, 15) is 0 Å². The van der Waals surface area contributed by atoms with Crippen LogP contribution in [0.25, 0.3) is 0 Å². The molecule has 3 heteroatoms. The summed E-state index contributed by atoms with van der Waals surface area (Å²) >= 11 is 0. The van der Waals surface area contributed by atoms with Gasteiger partial charge in [-0.05, 0) is 37.6 Å². The average molecular weight is 257 g/mol. The number of nitrogens with one attached hydrogen (secondary N) is 1. The van der Waals surface area contributed by atoms with E-state index in [1.807, 2.05) is 0 Å². The molecule has 3 nitrogen and oxygen atoms in total. The Hall–Kier alpha value is -0.120. The average Bonchev–Trinajstić information content (AvgIpc) is 2.38. The highest BCUT2D eigenvalue weighted by molar-refractivity contribution is 4.81. The molecule has 0 aromatic rings. The molecule has 108 valence electrons. The maximum Gasteiger partial charge on any atom is 0.0701 e. The second-order valence-electron chi connectivity index (χ2n) is 5.66. The number of ether oxygens (including phenoxy) is 2. The normalized spacial score (nSPS) is 26.2. The first-order valence-electron chi connectivity index (χ1n) is 7.58. The van der Waals surface area contributed by atoms with E-state index in [1.165, 1.54) is 32.1 Å². The Morgan fingerprint density at radius 2 is 2.11 bits per heavy atom. The predicted octanol–water partition coefficient (Wildman–Crippen LogP) is 2.84. The molecule has 3 unspecified atom stereocenters. The van der Waals surface area contributed by atoms with Crippen molar-refractivity contribution in [3.8, 4) is 0 Å². The molecule has 0 aromatic carbocycles. The van der Waals surface area contributed by atoms with E-state index in [-0.39, 0.29) is 0 Å². The van der Waals surface area contributed by atoms with Gasteiger partial charge in [0.15, 0.2) is 0 Å². The molecule has 18 heavy (non-hydrogen) atoms. The molecule has 1 N–H and O–H groups in total. The van der Waals surface area contributed by atoms with Gasteiger partial charge in [-0.15, -0.1) is 0 Å². The highest BCUT2D eigenvalue weighted by Crippen LogP contribution is 2.30. The molecule has 0 heterocycles. The number of hydrogen-bond acceptors (Lipinski definition) is 3. The van der Waals surface area contributed by atoms with Gasteiger partial charge in [0.1, 0.15) is 0 Å². The van der Waals surface area contributed by atoms with Crippen LogP contribution in [0.5, 0.6) is 0 Å². The molecule has 0 aromatic heterocycles. The monoisotopic (exact) mass is 257 g/mol. The Morgan fingerprint density at radius 3 is 2.78 bits per heavy atom. The minimum atomic E-state index is 0.532. The number of rotatable bonds is 9. The van der Waals surface area contributed by atoms with Crippen molar-refractivity contribution in [3.05, 3.63) is 0 Å². The van der Waals surface area contributed by atoms with Crippen molar-refractivity contribution in [2.24, 2.45) is 11.8 Å². The van der Waals surface area contributed by atoms with Crippen LogP contribution >= 0.6 is 0 Å². The zero-order valence-corrected chi connectivity index (χ0v) is 12.4. The van der Waals surface area contributed by atoms with Gasteiger partial charge in [0.05, 0.1) is 19.8 Å². The van der Waals surface area contributed by atoms with E-state index in [1.54, 1.807) is 7.11 Å². The van der Waals surface area contributed by atoms with Crippen molar-refractivity contribution >= 4 is 0 Å². The van der Waals surface area contributed by atoms with Gasteiger partial charge in [0.2, 0.25) is 0 Å². The van der Waals surface area contributed by atoms with Gasteiger partial charge in [-0.3, -0.25) is 0 Å². The Labute approximate surface area is 113 Å². The largest absolute Gasteiger partial charge is 0.382 e. The lowest BCUT2D eigenvalue weighted by Gasteiger charge is -2.33. The first-order valence-corrected chi connectivity index (χ1v) is 7.58. The molecule has 0 aliphatic heterocycles. The van der Waals surface area contributed by atoms with Crippen LogP contribution in [0.2, 0.25) is 0 Å². The van der Waals surface area contributed by atoms with Crippen molar-refractivity contribution in [1.82, 2.24) is 5.32 Å². The standard InChI is InChI=1S/C15H31NO2/c1-4-8-16-15(12-18-10-9-17-3)14-7-5-6-13(2)11-14/h13-16H,4-12H2,1-3H3. The van der Waals surface area contributed by atoms with Crippen molar-refractivity contribution in [2.75, 3.05) is 33.5 Å². The Balaban J connectivity index is 2.33. The fourth-order valence-electron chi connectivity index (χ4n) is 2.89. The van der Waals surface area contributed by atoms with Crippen LogP contribution in [0.3, 0.4) is 0 Å². The van der Waals surface area contributed by atoms with Crippen molar-refractivity contribution < 1.29 is 9.47 Å². The summed E-state index contributed by atoms with van der Waals surface area (Å²) in [7, 11) is 1.72. The van der Waals surface area contributed by atoms with Crippen molar-refractivity contribution in [3.63, 3.8) is 0 Å². The fourth-order valence-corrected chi connectivity index (χ4v) is 2.89. The maximum absolute atomic E-state index is 5.73. The van der Waals surface area contributed by atoms with Crippen LogP contribution < -0.4 is 5.32 Å². The summed E-state index contributed by atoms with van der Waals surface area (Å²) in [6.07, 6.45) is 6.70. The van der Waals surface area contributed by atoms with Gasteiger partial charge < -0.3 is 14.8 Å². The lowest BCUT2D eigenvalue weighted by molar-refractivity contribution is 0.0423. The SMILES string of the molecule is CCCNC(COCCOC)C1CCCC(C)C1. The molecule has 0 saturated heterocycles. The molecule has 3 atom stereocenters. The molecular formula is C15H31NO2. The fraction of sp³-hybridized carbons (Fsp3) is 1.00. The van der Waals surface area contributed by atoms with Crippen LogP contribution in [0, 0.1) is 11.8 Å². The van der Waals surface area contributed by atoms with Gasteiger partial charge in [-0.25, -0.2) is 0 Å². The molecule has 1 fully saturated rings. The van der Waals surface area contributed by atoms with Crippen LogP contribution in [-0.2, 0) is 9.47 Å². The summed E-state index contributed by atoms with van der Waals surface area (Å²) < 4.78 is 10.8. The first kappa shape index (κ1) is 15.9. The van der Waals surface area contributed by atoms with Gasteiger partial charge in [0, 0.05) is 13.2 Å². The smallest absolute Gasteiger partial charge is 0.0701 e. The zero-order valence-electron chi connectivity index (χ0n) is 12.4. The summed E-state index contributed by atoms with van der Waals surface area (Å²) in [5.74, 6) is 1.68. The van der Waals surface area contributed by atoms with Gasteiger partial charge in [-0.1, -0.05) is 26.7 Å². The summed E-state index contributed by atoms with van der Waals surface area (Å²) in [6, 6.07) is 0.532. The van der Waals surface area contributed by atoms with Crippen molar-refractivity contribution in [2.45, 2.75) is 52.0 Å². The van der Waals surface area contributed by atoms with Crippen LogP contribution in [-0.4, -0.2) is 39.5 Å². The summed E-state index contributed by atoms with van der Waals surface area (Å²) in [5.41, 5.74) is 0. The third-order valence-electron chi connectivity index (χ3n) is 3.93. The third kappa shape index (κ3) is 6.17. The van der Waals surface area contributed by atoms with Crippen LogP contribution in [0.4, 0.5) is 0 Å². The summed E-state index contributed by atoms with van der Waals surface area (Å²) in [4.78, 5) is 0. The van der Waals surface area contributed by atoms with E-state index in [0.29, 0.717) is 19.3 Å². The molecule has 0 radical (unpaired) electrons. The molecule has 0 bridgehead atoms. The zero-order chi connectivity index (χ0) is 13.2. The summed E-state index contributed by atoms with van der Waals surface area (Å²) in [6.45, 7) is 7.95. The van der Waals surface area contributed by atoms with Gasteiger partial charge in [0.25, 0.3) is 0 Å². The highest BCUT2D eigenvalue weighted by Gasteiger charge is 2.26. The van der Waals surface area contributed by atoms with E-state index >= 15 is 0 Å². The molecular weight excluding hydrogens is 226 g/mol.